The van der Waals surface area contributed by atoms with E-state index in [4.69, 9.17) is 16.3 Å². The molecule has 58 valence electrons. The number of alkyl halides is 1. The van der Waals surface area contributed by atoms with Crippen LogP contribution in [0.2, 0.25) is 0 Å². The zero-order chi connectivity index (χ0) is 7.98. The van der Waals surface area contributed by atoms with E-state index >= 15 is 0 Å². The topological polar surface area (TPSA) is 26.3 Å². The molecule has 0 aliphatic carbocycles. The summed E-state index contributed by atoms with van der Waals surface area (Å²) in [5.41, 5.74) is 0. The van der Waals surface area contributed by atoms with E-state index in [2.05, 4.69) is 6.58 Å². The summed E-state index contributed by atoms with van der Waals surface area (Å²) in [6.45, 7) is 5.06. The van der Waals surface area contributed by atoms with Crippen LogP contribution in [0.1, 0.15) is 13.3 Å². The average molecular weight is 163 g/mol. The van der Waals surface area contributed by atoms with Gasteiger partial charge >= 0.3 is 5.97 Å². The Hall–Kier alpha value is -0.500. The lowest BCUT2D eigenvalue weighted by molar-refractivity contribution is -0.142. The molecule has 0 heterocycles. The van der Waals surface area contributed by atoms with Crippen LogP contribution < -0.4 is 0 Å². The summed E-state index contributed by atoms with van der Waals surface area (Å²) < 4.78 is 4.80. The molecule has 0 bridgehead atoms. The molecule has 0 fully saturated rings. The Morgan fingerprint density at radius 3 is 2.90 bits per heavy atom. The lowest BCUT2D eigenvalue weighted by Crippen LogP contribution is -2.12. The molecule has 2 nitrogen and oxygen atoms in total. The molecule has 0 aromatic carbocycles. The Kier molecular flexibility index (Phi) is 5.03. The second-order valence-corrected chi connectivity index (χ2v) is 2.31. The summed E-state index contributed by atoms with van der Waals surface area (Å²) in [6.07, 6.45) is 1.72. The van der Waals surface area contributed by atoms with Crippen LogP contribution in [-0.4, -0.2) is 18.0 Å². The Labute approximate surface area is 65.8 Å². The minimum absolute atomic E-state index is 0.108. The normalized spacial score (nSPS) is 12.2. The number of halogens is 1. The molecule has 3 heteroatoms. The predicted octanol–water partition coefficient (Wildman–Crippen LogP) is 1.73. The van der Waals surface area contributed by atoms with Crippen LogP contribution >= 0.6 is 11.6 Å². The first-order chi connectivity index (χ1) is 4.70. The molecule has 0 amide bonds. The van der Waals surface area contributed by atoms with Crippen LogP contribution in [0.5, 0.6) is 0 Å². The lowest BCUT2D eigenvalue weighted by Gasteiger charge is -2.08. The molecule has 1 atom stereocenters. The van der Waals surface area contributed by atoms with E-state index in [-0.39, 0.29) is 6.10 Å². The van der Waals surface area contributed by atoms with Crippen molar-refractivity contribution in [2.45, 2.75) is 19.4 Å². The third kappa shape index (κ3) is 4.39. The van der Waals surface area contributed by atoms with Gasteiger partial charge in [0, 0.05) is 12.0 Å². The second kappa shape index (κ2) is 5.30. The molecule has 0 spiro atoms. The van der Waals surface area contributed by atoms with Crippen LogP contribution in [0.15, 0.2) is 12.7 Å². The first-order valence-corrected chi connectivity index (χ1v) is 3.63. The smallest absolute Gasteiger partial charge is 0.330 e. The minimum Gasteiger partial charge on any atom is -0.459 e. The van der Waals surface area contributed by atoms with E-state index in [9.17, 15) is 4.79 Å². The summed E-state index contributed by atoms with van der Waals surface area (Å²) in [5.74, 6) is 0.114. The number of rotatable bonds is 4. The third-order valence-electron chi connectivity index (χ3n) is 1.000. The van der Waals surface area contributed by atoms with Crippen LogP contribution in [0.4, 0.5) is 0 Å². The highest BCUT2D eigenvalue weighted by atomic mass is 35.5. The first kappa shape index (κ1) is 9.50. The van der Waals surface area contributed by atoms with Crippen molar-refractivity contribution in [1.29, 1.82) is 0 Å². The van der Waals surface area contributed by atoms with Gasteiger partial charge in [-0.1, -0.05) is 6.58 Å². The van der Waals surface area contributed by atoms with Crippen molar-refractivity contribution in [1.82, 2.24) is 0 Å². The zero-order valence-corrected chi connectivity index (χ0v) is 6.73. The van der Waals surface area contributed by atoms with Gasteiger partial charge < -0.3 is 4.74 Å². The zero-order valence-electron chi connectivity index (χ0n) is 5.97. The molecule has 0 saturated carbocycles. The number of ether oxygens (including phenoxy) is 1. The molecular weight excluding hydrogens is 152 g/mol. The van der Waals surface area contributed by atoms with Crippen LogP contribution in [0.25, 0.3) is 0 Å². The summed E-state index contributed by atoms with van der Waals surface area (Å²) >= 11 is 5.41. The monoisotopic (exact) mass is 162 g/mol. The molecular formula is C7H11ClO2. The molecule has 0 rings (SSSR count). The van der Waals surface area contributed by atoms with Gasteiger partial charge in [0.2, 0.25) is 0 Å². The summed E-state index contributed by atoms with van der Waals surface area (Å²) in [5, 5.41) is 0. The van der Waals surface area contributed by atoms with E-state index in [0.29, 0.717) is 12.3 Å². The van der Waals surface area contributed by atoms with Crippen molar-refractivity contribution < 1.29 is 9.53 Å². The van der Waals surface area contributed by atoms with Gasteiger partial charge in [-0.05, 0) is 13.3 Å². The molecule has 0 saturated heterocycles. The van der Waals surface area contributed by atoms with Gasteiger partial charge in [0.1, 0.15) is 6.10 Å². The SMILES string of the molecule is C=CC(=O)OC(C)CCCl. The van der Waals surface area contributed by atoms with Gasteiger partial charge in [0.05, 0.1) is 0 Å². The number of esters is 1. The predicted molar refractivity (Wildman–Crippen MR) is 41.1 cm³/mol. The first-order valence-electron chi connectivity index (χ1n) is 3.09. The largest absolute Gasteiger partial charge is 0.459 e. The summed E-state index contributed by atoms with van der Waals surface area (Å²) in [4.78, 5) is 10.5. The van der Waals surface area contributed by atoms with E-state index in [1.54, 1.807) is 6.92 Å². The number of carbonyl (C=O) groups excluding carboxylic acids is 1. The maximum absolute atomic E-state index is 10.5. The van der Waals surface area contributed by atoms with Crippen molar-refractivity contribution in [2.24, 2.45) is 0 Å². The fourth-order valence-electron chi connectivity index (χ4n) is 0.459. The van der Waals surface area contributed by atoms with Gasteiger partial charge in [-0.25, -0.2) is 4.79 Å². The maximum atomic E-state index is 10.5. The highest BCUT2D eigenvalue weighted by Gasteiger charge is 2.03. The molecule has 0 aromatic heterocycles. The van der Waals surface area contributed by atoms with Crippen molar-refractivity contribution >= 4 is 17.6 Å². The quantitative estimate of drug-likeness (QED) is 0.358. The molecule has 0 aliphatic heterocycles. The van der Waals surface area contributed by atoms with Gasteiger partial charge in [0.25, 0.3) is 0 Å². The average Bonchev–Trinajstić information content (AvgIpc) is 1.88. The number of carbonyl (C=O) groups is 1. The van der Waals surface area contributed by atoms with Crippen LogP contribution in [0.3, 0.4) is 0 Å². The van der Waals surface area contributed by atoms with Crippen molar-refractivity contribution in [2.75, 3.05) is 5.88 Å². The minimum atomic E-state index is -0.391. The fourth-order valence-corrected chi connectivity index (χ4v) is 0.766. The summed E-state index contributed by atoms with van der Waals surface area (Å²) in [7, 11) is 0. The van der Waals surface area contributed by atoms with Gasteiger partial charge in [0.15, 0.2) is 0 Å². The molecule has 0 aromatic rings. The summed E-state index contributed by atoms with van der Waals surface area (Å²) in [6, 6.07) is 0. The van der Waals surface area contributed by atoms with E-state index in [1.807, 2.05) is 0 Å². The Morgan fingerprint density at radius 1 is 1.90 bits per heavy atom. The number of hydrogen-bond donors (Lipinski definition) is 0. The maximum Gasteiger partial charge on any atom is 0.330 e. The Morgan fingerprint density at radius 2 is 2.50 bits per heavy atom. The standard InChI is InChI=1S/C7H11ClO2/c1-3-7(9)10-6(2)4-5-8/h3,6H,1,4-5H2,2H3. The van der Waals surface area contributed by atoms with Crippen LogP contribution in [-0.2, 0) is 9.53 Å². The lowest BCUT2D eigenvalue weighted by atomic mass is 10.3. The second-order valence-electron chi connectivity index (χ2n) is 1.93. The van der Waals surface area contributed by atoms with Gasteiger partial charge in [-0.3, -0.25) is 0 Å². The fraction of sp³-hybridized carbons (Fsp3) is 0.571. The van der Waals surface area contributed by atoms with Gasteiger partial charge in [-0.15, -0.1) is 11.6 Å². The van der Waals surface area contributed by atoms with Crippen molar-refractivity contribution in [3.63, 3.8) is 0 Å². The van der Waals surface area contributed by atoms with E-state index in [0.717, 1.165) is 6.08 Å². The molecule has 10 heavy (non-hydrogen) atoms. The highest BCUT2D eigenvalue weighted by molar-refractivity contribution is 6.17. The Bertz CT molecular complexity index is 123. The molecule has 0 aliphatic rings. The van der Waals surface area contributed by atoms with E-state index < -0.39 is 5.97 Å². The van der Waals surface area contributed by atoms with Crippen LogP contribution in [0, 0.1) is 0 Å². The van der Waals surface area contributed by atoms with Gasteiger partial charge in [-0.2, -0.15) is 0 Å². The number of hydrogen-bond acceptors (Lipinski definition) is 2. The van der Waals surface area contributed by atoms with Crippen molar-refractivity contribution in [3.8, 4) is 0 Å². The highest BCUT2D eigenvalue weighted by Crippen LogP contribution is 1.99. The van der Waals surface area contributed by atoms with E-state index in [1.165, 1.54) is 0 Å². The van der Waals surface area contributed by atoms with Crippen molar-refractivity contribution in [3.05, 3.63) is 12.7 Å². The molecule has 0 N–H and O–H groups in total. The molecule has 0 radical (unpaired) electrons. The molecule has 1 unspecified atom stereocenters. The Balaban J connectivity index is 3.46. The third-order valence-corrected chi connectivity index (χ3v) is 1.22.